The van der Waals surface area contributed by atoms with Crippen LogP contribution in [-0.2, 0) is 13.6 Å². The molecule has 0 saturated carbocycles. The van der Waals surface area contributed by atoms with Crippen LogP contribution in [0.25, 0.3) is 0 Å². The fraction of sp³-hybridized carbons (Fsp3) is 0.364. The molecular weight excluding hydrogens is 232 g/mol. The molecule has 0 atom stereocenters. The van der Waals surface area contributed by atoms with Gasteiger partial charge in [0.15, 0.2) is 0 Å². The minimum Gasteiger partial charge on any atom is -0.494 e. The monoisotopic (exact) mass is 248 g/mol. The highest BCUT2D eigenvalue weighted by Gasteiger charge is 2.06. The second-order valence-corrected chi connectivity index (χ2v) is 3.71. The Morgan fingerprint density at radius 1 is 1.44 bits per heavy atom. The molecule has 3 N–H and O–H groups in total. The highest BCUT2D eigenvalue weighted by molar-refractivity contribution is 5.57. The number of aromatic nitrogens is 4. The van der Waals surface area contributed by atoms with Crippen molar-refractivity contribution in [2.45, 2.75) is 13.5 Å². The quantitative estimate of drug-likeness (QED) is 0.813. The molecule has 1 aromatic carbocycles. The number of nitrogens with two attached hydrogens (primary N) is 1. The molecule has 2 rings (SSSR count). The third kappa shape index (κ3) is 2.57. The van der Waals surface area contributed by atoms with Gasteiger partial charge in [-0.15, -0.1) is 0 Å². The Balaban J connectivity index is 2.22. The Labute approximate surface area is 105 Å². The second kappa shape index (κ2) is 5.46. The van der Waals surface area contributed by atoms with E-state index in [1.165, 1.54) is 0 Å². The van der Waals surface area contributed by atoms with Crippen molar-refractivity contribution in [3.63, 3.8) is 0 Å². The van der Waals surface area contributed by atoms with E-state index in [4.69, 9.17) is 10.5 Å². The predicted octanol–water partition coefficient (Wildman–Crippen LogP) is 0.811. The third-order valence-corrected chi connectivity index (χ3v) is 2.46. The van der Waals surface area contributed by atoms with Crippen molar-refractivity contribution in [2.75, 3.05) is 11.9 Å². The summed E-state index contributed by atoms with van der Waals surface area (Å²) in [7, 11) is 1.76. The van der Waals surface area contributed by atoms with Crippen molar-refractivity contribution in [3.05, 3.63) is 23.8 Å². The molecule has 0 amide bonds. The molecule has 2 aromatic rings. The van der Waals surface area contributed by atoms with Crippen molar-refractivity contribution in [3.8, 4) is 5.75 Å². The van der Waals surface area contributed by atoms with Crippen LogP contribution in [0.3, 0.4) is 0 Å². The van der Waals surface area contributed by atoms with Gasteiger partial charge in [-0.3, -0.25) is 0 Å². The lowest BCUT2D eigenvalue weighted by atomic mass is 10.2. The summed E-state index contributed by atoms with van der Waals surface area (Å²) >= 11 is 0. The first kappa shape index (κ1) is 12.3. The molecule has 0 saturated heterocycles. The maximum atomic E-state index is 5.70. The van der Waals surface area contributed by atoms with Gasteiger partial charge in [-0.2, -0.15) is 0 Å². The predicted molar refractivity (Wildman–Crippen MR) is 67.6 cm³/mol. The Hall–Kier alpha value is -2.15. The van der Waals surface area contributed by atoms with Crippen LogP contribution < -0.4 is 15.8 Å². The van der Waals surface area contributed by atoms with Gasteiger partial charge in [-0.25, -0.2) is 4.68 Å². The van der Waals surface area contributed by atoms with E-state index in [9.17, 15) is 0 Å². The SMILES string of the molecule is CCOc1ccc(Nc2nnnn2C)cc1CN. The van der Waals surface area contributed by atoms with E-state index in [0.717, 1.165) is 17.0 Å². The molecule has 18 heavy (non-hydrogen) atoms. The van der Waals surface area contributed by atoms with E-state index >= 15 is 0 Å². The fourth-order valence-corrected chi connectivity index (χ4v) is 1.58. The summed E-state index contributed by atoms with van der Waals surface area (Å²) in [5.74, 6) is 1.38. The summed E-state index contributed by atoms with van der Waals surface area (Å²) in [5, 5.41) is 14.3. The van der Waals surface area contributed by atoms with Gasteiger partial charge >= 0.3 is 0 Å². The summed E-state index contributed by atoms with van der Waals surface area (Å²) in [6.07, 6.45) is 0. The number of nitrogens with one attached hydrogen (secondary N) is 1. The zero-order chi connectivity index (χ0) is 13.0. The molecule has 0 aliphatic rings. The van der Waals surface area contributed by atoms with Crippen LogP contribution in [0.5, 0.6) is 5.75 Å². The van der Waals surface area contributed by atoms with E-state index in [-0.39, 0.29) is 0 Å². The minimum absolute atomic E-state index is 0.419. The highest BCUT2D eigenvalue weighted by Crippen LogP contribution is 2.24. The number of tetrazole rings is 1. The number of aryl methyl sites for hydroxylation is 1. The van der Waals surface area contributed by atoms with E-state index < -0.39 is 0 Å². The van der Waals surface area contributed by atoms with Gasteiger partial charge in [-0.1, -0.05) is 5.10 Å². The molecular formula is C11H16N6O. The largest absolute Gasteiger partial charge is 0.494 e. The van der Waals surface area contributed by atoms with Crippen LogP contribution in [-0.4, -0.2) is 26.8 Å². The van der Waals surface area contributed by atoms with Crippen molar-refractivity contribution in [1.29, 1.82) is 0 Å². The summed E-state index contributed by atoms with van der Waals surface area (Å²) in [6.45, 7) is 2.98. The molecule has 7 heteroatoms. The number of rotatable bonds is 5. The Morgan fingerprint density at radius 2 is 2.28 bits per heavy atom. The molecule has 1 heterocycles. The van der Waals surface area contributed by atoms with Crippen LogP contribution in [0, 0.1) is 0 Å². The third-order valence-electron chi connectivity index (χ3n) is 2.46. The van der Waals surface area contributed by atoms with Gasteiger partial charge in [0, 0.05) is 24.8 Å². The molecule has 0 radical (unpaired) electrons. The Morgan fingerprint density at radius 3 is 2.89 bits per heavy atom. The molecule has 0 aliphatic heterocycles. The number of hydrogen-bond acceptors (Lipinski definition) is 6. The van der Waals surface area contributed by atoms with E-state index in [0.29, 0.717) is 19.1 Å². The first-order chi connectivity index (χ1) is 8.74. The maximum Gasteiger partial charge on any atom is 0.247 e. The lowest BCUT2D eigenvalue weighted by Gasteiger charge is -2.11. The van der Waals surface area contributed by atoms with Gasteiger partial charge in [-0.05, 0) is 35.5 Å². The lowest BCUT2D eigenvalue weighted by molar-refractivity contribution is 0.336. The first-order valence-corrected chi connectivity index (χ1v) is 5.69. The number of benzene rings is 1. The molecule has 0 unspecified atom stereocenters. The van der Waals surface area contributed by atoms with Crippen molar-refractivity contribution in [2.24, 2.45) is 12.8 Å². The van der Waals surface area contributed by atoms with E-state index in [1.807, 2.05) is 25.1 Å². The molecule has 0 bridgehead atoms. The van der Waals surface area contributed by atoms with Crippen molar-refractivity contribution in [1.82, 2.24) is 20.2 Å². The van der Waals surface area contributed by atoms with Crippen molar-refractivity contribution >= 4 is 11.6 Å². The normalized spacial score (nSPS) is 10.4. The molecule has 96 valence electrons. The van der Waals surface area contributed by atoms with Crippen LogP contribution in [0.15, 0.2) is 18.2 Å². The Bertz CT molecular complexity index is 524. The molecule has 7 nitrogen and oxygen atoms in total. The zero-order valence-corrected chi connectivity index (χ0v) is 10.4. The van der Waals surface area contributed by atoms with Crippen molar-refractivity contribution < 1.29 is 4.74 Å². The highest BCUT2D eigenvalue weighted by atomic mass is 16.5. The van der Waals surface area contributed by atoms with Crippen LogP contribution >= 0.6 is 0 Å². The van der Waals surface area contributed by atoms with Gasteiger partial charge < -0.3 is 15.8 Å². The van der Waals surface area contributed by atoms with Gasteiger partial charge in [0.25, 0.3) is 0 Å². The number of hydrogen-bond donors (Lipinski definition) is 2. The average molecular weight is 248 g/mol. The molecule has 0 fully saturated rings. The topological polar surface area (TPSA) is 90.9 Å². The van der Waals surface area contributed by atoms with Gasteiger partial charge in [0.05, 0.1) is 6.61 Å². The van der Waals surface area contributed by atoms with Gasteiger partial charge in [0.1, 0.15) is 5.75 Å². The summed E-state index contributed by atoms with van der Waals surface area (Å²) in [6, 6.07) is 5.72. The summed E-state index contributed by atoms with van der Waals surface area (Å²) in [5.41, 5.74) is 7.51. The molecule has 0 spiro atoms. The fourth-order valence-electron chi connectivity index (χ4n) is 1.58. The van der Waals surface area contributed by atoms with Crippen LogP contribution in [0.1, 0.15) is 12.5 Å². The minimum atomic E-state index is 0.419. The van der Waals surface area contributed by atoms with Crippen LogP contribution in [0.4, 0.5) is 11.6 Å². The lowest BCUT2D eigenvalue weighted by Crippen LogP contribution is -2.04. The summed E-state index contributed by atoms with van der Waals surface area (Å²) in [4.78, 5) is 0. The molecule has 0 aliphatic carbocycles. The summed E-state index contributed by atoms with van der Waals surface area (Å²) < 4.78 is 7.04. The molecule has 1 aromatic heterocycles. The standard InChI is InChI=1S/C11H16N6O/c1-3-18-10-5-4-9(6-8(10)7-12)13-11-14-15-16-17(11)2/h4-6H,3,7,12H2,1-2H3,(H,13,14,16). The number of anilines is 2. The van der Waals surface area contributed by atoms with Crippen LogP contribution in [0.2, 0.25) is 0 Å². The second-order valence-electron chi connectivity index (χ2n) is 3.71. The first-order valence-electron chi connectivity index (χ1n) is 5.69. The smallest absolute Gasteiger partial charge is 0.247 e. The number of nitrogens with zero attached hydrogens (tertiary/aromatic N) is 4. The Kier molecular flexibility index (Phi) is 3.73. The maximum absolute atomic E-state index is 5.70. The van der Waals surface area contributed by atoms with E-state index in [1.54, 1.807) is 11.7 Å². The average Bonchev–Trinajstić information content (AvgIpc) is 2.77. The number of ether oxygens (including phenoxy) is 1. The zero-order valence-electron chi connectivity index (χ0n) is 10.4. The van der Waals surface area contributed by atoms with E-state index in [2.05, 4.69) is 20.8 Å². The van der Waals surface area contributed by atoms with Gasteiger partial charge in [0.2, 0.25) is 5.95 Å².